The van der Waals surface area contributed by atoms with Gasteiger partial charge in [-0.2, -0.15) is 0 Å². The van der Waals surface area contributed by atoms with E-state index in [2.05, 4.69) is 60.3 Å². The van der Waals surface area contributed by atoms with Crippen molar-refractivity contribution in [1.29, 1.82) is 0 Å². The molecule has 0 heterocycles. The van der Waals surface area contributed by atoms with E-state index >= 15 is 0 Å². The standard InChI is InChI=1S/C15H28/c1-8-15(12(4)5)10-9-13(6)14(7)11(2)3/h9,11-14H,8H2,1-7H3. The lowest BCUT2D eigenvalue weighted by Crippen LogP contribution is -2.11. The lowest BCUT2D eigenvalue weighted by Gasteiger charge is -2.19. The van der Waals surface area contributed by atoms with E-state index in [0.717, 1.165) is 18.3 Å². The third-order valence-electron chi connectivity index (χ3n) is 3.49. The molecule has 0 aliphatic rings. The molecule has 0 saturated heterocycles. The molecule has 0 amide bonds. The van der Waals surface area contributed by atoms with E-state index in [1.54, 1.807) is 0 Å². The van der Waals surface area contributed by atoms with Crippen molar-refractivity contribution in [2.75, 3.05) is 0 Å². The fourth-order valence-corrected chi connectivity index (χ4v) is 1.67. The molecule has 0 N–H and O–H groups in total. The summed E-state index contributed by atoms with van der Waals surface area (Å²) in [4.78, 5) is 0. The molecule has 0 bridgehead atoms. The van der Waals surface area contributed by atoms with Crippen molar-refractivity contribution in [1.82, 2.24) is 0 Å². The van der Waals surface area contributed by atoms with E-state index in [4.69, 9.17) is 0 Å². The predicted molar refractivity (Wildman–Crippen MR) is 69.9 cm³/mol. The minimum Gasteiger partial charge on any atom is -0.126 e. The molecule has 0 rings (SSSR count). The van der Waals surface area contributed by atoms with Crippen LogP contribution in [0.4, 0.5) is 0 Å². The maximum atomic E-state index is 3.50. The van der Waals surface area contributed by atoms with Crippen molar-refractivity contribution < 1.29 is 0 Å². The summed E-state index contributed by atoms with van der Waals surface area (Å²) in [6, 6.07) is 0. The topological polar surface area (TPSA) is 0 Å². The fourth-order valence-electron chi connectivity index (χ4n) is 1.67. The zero-order chi connectivity index (χ0) is 12.0. The summed E-state index contributed by atoms with van der Waals surface area (Å²) < 4.78 is 0. The van der Waals surface area contributed by atoms with Crippen LogP contribution >= 0.6 is 0 Å². The van der Waals surface area contributed by atoms with Gasteiger partial charge >= 0.3 is 0 Å². The molecule has 2 atom stereocenters. The molecule has 0 aromatic rings. The van der Waals surface area contributed by atoms with Crippen LogP contribution in [-0.4, -0.2) is 0 Å². The highest BCUT2D eigenvalue weighted by Crippen LogP contribution is 2.21. The van der Waals surface area contributed by atoms with Crippen molar-refractivity contribution in [2.24, 2.45) is 23.7 Å². The number of allylic oxidation sites excluding steroid dienone is 1. The van der Waals surface area contributed by atoms with Gasteiger partial charge in [0, 0.05) is 0 Å². The van der Waals surface area contributed by atoms with E-state index in [1.807, 2.05) is 0 Å². The fraction of sp³-hybridized carbons (Fsp3) is 0.800. The number of hydrogen-bond donors (Lipinski definition) is 0. The first-order valence-corrected chi connectivity index (χ1v) is 6.35. The Bertz CT molecular complexity index is 226. The van der Waals surface area contributed by atoms with Crippen LogP contribution in [0.1, 0.15) is 54.9 Å². The predicted octanol–water partition coefficient (Wildman–Crippen LogP) is 5.06. The van der Waals surface area contributed by atoms with Crippen molar-refractivity contribution >= 4 is 0 Å². The van der Waals surface area contributed by atoms with Gasteiger partial charge in [-0.3, -0.25) is 0 Å². The monoisotopic (exact) mass is 208 g/mol. The highest BCUT2D eigenvalue weighted by atomic mass is 14.2. The zero-order valence-corrected chi connectivity index (χ0v) is 11.6. The lowest BCUT2D eigenvalue weighted by atomic mass is 9.86. The Morgan fingerprint density at radius 2 is 1.60 bits per heavy atom. The molecule has 0 spiro atoms. The molecule has 0 nitrogen and oxygen atoms in total. The Morgan fingerprint density at radius 3 is 1.93 bits per heavy atom. The van der Waals surface area contributed by atoms with E-state index in [1.165, 1.54) is 5.57 Å². The molecule has 0 aromatic heterocycles. The molecular weight excluding hydrogens is 180 g/mol. The van der Waals surface area contributed by atoms with Gasteiger partial charge in [-0.05, 0) is 41.7 Å². The second-order valence-electron chi connectivity index (χ2n) is 5.31. The summed E-state index contributed by atoms with van der Waals surface area (Å²) in [7, 11) is 0. The van der Waals surface area contributed by atoms with Crippen molar-refractivity contribution in [3.05, 3.63) is 17.4 Å². The normalized spacial score (nSPS) is 15.0. The van der Waals surface area contributed by atoms with E-state index in [9.17, 15) is 0 Å². The molecule has 0 saturated carbocycles. The largest absolute Gasteiger partial charge is 0.126 e. The Kier molecular flexibility index (Phi) is 6.68. The maximum Gasteiger partial charge on any atom is -0.0158 e. The number of hydrogen-bond acceptors (Lipinski definition) is 0. The van der Waals surface area contributed by atoms with Crippen LogP contribution in [0.2, 0.25) is 0 Å². The summed E-state index contributed by atoms with van der Waals surface area (Å²) in [5, 5.41) is 0. The van der Waals surface area contributed by atoms with Crippen LogP contribution < -0.4 is 0 Å². The van der Waals surface area contributed by atoms with Crippen LogP contribution in [0.5, 0.6) is 0 Å². The average molecular weight is 208 g/mol. The Labute approximate surface area is 96.5 Å². The molecule has 0 heteroatoms. The lowest BCUT2D eigenvalue weighted by molar-refractivity contribution is 0.342. The minimum absolute atomic E-state index is 0.630. The van der Waals surface area contributed by atoms with E-state index < -0.39 is 0 Å². The van der Waals surface area contributed by atoms with Crippen LogP contribution in [0.15, 0.2) is 17.4 Å². The molecule has 0 radical (unpaired) electrons. The summed E-state index contributed by atoms with van der Waals surface area (Å²) in [6.45, 7) is 15.9. The van der Waals surface area contributed by atoms with E-state index in [0.29, 0.717) is 11.8 Å². The molecule has 0 aliphatic heterocycles. The second kappa shape index (κ2) is 6.90. The summed E-state index contributed by atoms with van der Waals surface area (Å²) in [5.74, 6) is 2.75. The minimum atomic E-state index is 0.630. The molecule has 15 heavy (non-hydrogen) atoms. The first-order chi connectivity index (χ1) is 6.90. The number of rotatable bonds is 5. The van der Waals surface area contributed by atoms with Gasteiger partial charge in [-0.25, -0.2) is 0 Å². The van der Waals surface area contributed by atoms with Crippen molar-refractivity contribution in [3.63, 3.8) is 0 Å². The zero-order valence-electron chi connectivity index (χ0n) is 11.6. The Balaban J connectivity index is 4.61. The van der Waals surface area contributed by atoms with Crippen molar-refractivity contribution in [2.45, 2.75) is 54.9 Å². The van der Waals surface area contributed by atoms with Crippen LogP contribution in [0, 0.1) is 23.7 Å². The summed E-state index contributed by atoms with van der Waals surface area (Å²) >= 11 is 0. The van der Waals surface area contributed by atoms with Gasteiger partial charge in [-0.1, -0.05) is 48.5 Å². The van der Waals surface area contributed by atoms with Gasteiger partial charge < -0.3 is 0 Å². The summed E-state index contributed by atoms with van der Waals surface area (Å²) in [5.41, 5.74) is 4.94. The third kappa shape index (κ3) is 5.23. The highest BCUT2D eigenvalue weighted by molar-refractivity contribution is 5.05. The third-order valence-corrected chi connectivity index (χ3v) is 3.49. The van der Waals surface area contributed by atoms with Crippen LogP contribution in [0.3, 0.4) is 0 Å². The van der Waals surface area contributed by atoms with Gasteiger partial charge in [0.2, 0.25) is 0 Å². The second-order valence-corrected chi connectivity index (χ2v) is 5.31. The highest BCUT2D eigenvalue weighted by Gasteiger charge is 2.12. The molecular formula is C15H28. The average Bonchev–Trinajstić information content (AvgIpc) is 2.16. The van der Waals surface area contributed by atoms with Crippen LogP contribution in [0.25, 0.3) is 0 Å². The summed E-state index contributed by atoms with van der Waals surface area (Å²) in [6.07, 6.45) is 3.39. The van der Waals surface area contributed by atoms with E-state index in [-0.39, 0.29) is 0 Å². The van der Waals surface area contributed by atoms with Crippen molar-refractivity contribution in [3.8, 4) is 0 Å². The van der Waals surface area contributed by atoms with Gasteiger partial charge in [0.15, 0.2) is 0 Å². The van der Waals surface area contributed by atoms with Gasteiger partial charge in [0.05, 0.1) is 0 Å². The molecule has 0 aromatic carbocycles. The van der Waals surface area contributed by atoms with Crippen LogP contribution in [-0.2, 0) is 0 Å². The quantitative estimate of drug-likeness (QED) is 0.554. The molecule has 0 aliphatic carbocycles. The molecule has 0 fully saturated rings. The SMILES string of the molecule is CCC(=C=CC(C)C(C)C(C)C)C(C)C. The Hall–Kier alpha value is -0.480. The first-order valence-electron chi connectivity index (χ1n) is 6.35. The first kappa shape index (κ1) is 14.5. The Morgan fingerprint density at radius 1 is 1.07 bits per heavy atom. The smallest absolute Gasteiger partial charge is 0.0158 e. The molecule has 88 valence electrons. The maximum absolute atomic E-state index is 3.50. The molecule has 2 unspecified atom stereocenters. The van der Waals surface area contributed by atoms with Gasteiger partial charge in [-0.15, -0.1) is 5.73 Å². The van der Waals surface area contributed by atoms with Gasteiger partial charge in [0.25, 0.3) is 0 Å². The van der Waals surface area contributed by atoms with Gasteiger partial charge in [0.1, 0.15) is 0 Å².